The van der Waals surface area contributed by atoms with Crippen LogP contribution in [0.5, 0.6) is 0 Å². The molecule has 2 heterocycles. The highest BCUT2D eigenvalue weighted by molar-refractivity contribution is 4.92. The summed E-state index contributed by atoms with van der Waals surface area (Å²) < 4.78 is 0. The number of nitrogens with zero attached hydrogens (tertiary/aromatic N) is 1. The zero-order valence-corrected chi connectivity index (χ0v) is 8.34. The first-order valence-corrected chi connectivity index (χ1v) is 5.88. The topological polar surface area (TPSA) is 15.3 Å². The van der Waals surface area contributed by atoms with Crippen LogP contribution >= 0.6 is 0 Å². The lowest BCUT2D eigenvalue weighted by atomic mass is 9.81. The zero-order valence-electron chi connectivity index (χ0n) is 8.34. The van der Waals surface area contributed by atoms with Gasteiger partial charge in [0.25, 0.3) is 0 Å². The predicted octanol–water partition coefficient (Wildman–Crippen LogP) is 1.08. The summed E-state index contributed by atoms with van der Waals surface area (Å²) in [5, 5.41) is 3.53. The first-order valence-electron chi connectivity index (χ1n) is 5.88. The van der Waals surface area contributed by atoms with E-state index in [2.05, 4.69) is 10.2 Å². The molecular formula is C11H20N2. The molecule has 2 atom stereocenters. The molecule has 1 saturated carbocycles. The summed E-state index contributed by atoms with van der Waals surface area (Å²) in [6, 6.07) is 0.996. The monoisotopic (exact) mass is 180 g/mol. The first kappa shape index (κ1) is 8.25. The molecule has 0 aromatic carbocycles. The standard InChI is InChI=1S/C11H20N2/c1-2-11(1)13-6-4-9-7-12-5-3-10(9)8-13/h9-12H,1-8H2. The van der Waals surface area contributed by atoms with Crippen LogP contribution in [-0.4, -0.2) is 37.1 Å². The van der Waals surface area contributed by atoms with E-state index >= 15 is 0 Å². The summed E-state index contributed by atoms with van der Waals surface area (Å²) >= 11 is 0. The Morgan fingerprint density at radius 1 is 1.00 bits per heavy atom. The van der Waals surface area contributed by atoms with Crippen molar-refractivity contribution in [3.8, 4) is 0 Å². The summed E-state index contributed by atoms with van der Waals surface area (Å²) in [4.78, 5) is 2.76. The Balaban J connectivity index is 1.62. The Hall–Kier alpha value is -0.0800. The summed E-state index contributed by atoms with van der Waals surface area (Å²) in [5.74, 6) is 2.03. The minimum atomic E-state index is 0.996. The number of nitrogens with one attached hydrogen (secondary N) is 1. The maximum absolute atomic E-state index is 3.53. The molecule has 2 heteroatoms. The van der Waals surface area contributed by atoms with Crippen LogP contribution in [0.25, 0.3) is 0 Å². The molecule has 1 aliphatic carbocycles. The highest BCUT2D eigenvalue weighted by Crippen LogP contribution is 2.35. The van der Waals surface area contributed by atoms with Gasteiger partial charge in [0, 0.05) is 12.6 Å². The van der Waals surface area contributed by atoms with Crippen molar-refractivity contribution in [1.29, 1.82) is 0 Å². The van der Waals surface area contributed by atoms with Crippen molar-refractivity contribution in [2.24, 2.45) is 11.8 Å². The summed E-state index contributed by atoms with van der Waals surface area (Å²) in [6.07, 6.45) is 5.84. The molecule has 3 rings (SSSR count). The summed E-state index contributed by atoms with van der Waals surface area (Å²) in [7, 11) is 0. The average molecular weight is 180 g/mol. The van der Waals surface area contributed by atoms with Crippen molar-refractivity contribution >= 4 is 0 Å². The van der Waals surface area contributed by atoms with E-state index in [0.717, 1.165) is 17.9 Å². The lowest BCUT2D eigenvalue weighted by Crippen LogP contribution is -2.48. The van der Waals surface area contributed by atoms with Gasteiger partial charge in [-0.25, -0.2) is 0 Å². The van der Waals surface area contributed by atoms with Gasteiger partial charge in [-0.3, -0.25) is 0 Å². The number of piperidine rings is 2. The Kier molecular flexibility index (Phi) is 2.06. The molecule has 0 aromatic rings. The average Bonchev–Trinajstić information content (AvgIpc) is 3.00. The second-order valence-corrected chi connectivity index (χ2v) is 5.03. The highest BCUT2D eigenvalue weighted by Gasteiger charge is 2.37. The van der Waals surface area contributed by atoms with Crippen LogP contribution in [0.15, 0.2) is 0 Å². The van der Waals surface area contributed by atoms with Crippen LogP contribution < -0.4 is 5.32 Å². The fourth-order valence-electron chi connectivity index (χ4n) is 3.05. The van der Waals surface area contributed by atoms with Crippen molar-refractivity contribution in [3.05, 3.63) is 0 Å². The second kappa shape index (κ2) is 3.25. The Morgan fingerprint density at radius 3 is 2.77 bits per heavy atom. The normalized spacial score (nSPS) is 41.5. The van der Waals surface area contributed by atoms with Gasteiger partial charge in [-0.15, -0.1) is 0 Å². The largest absolute Gasteiger partial charge is 0.316 e. The van der Waals surface area contributed by atoms with Gasteiger partial charge in [-0.05, 0) is 57.2 Å². The van der Waals surface area contributed by atoms with Crippen LogP contribution in [0.2, 0.25) is 0 Å². The third-order valence-electron chi connectivity index (χ3n) is 4.08. The minimum Gasteiger partial charge on any atom is -0.316 e. The summed E-state index contributed by atoms with van der Waals surface area (Å²) in [5.41, 5.74) is 0. The molecule has 0 spiro atoms. The number of rotatable bonds is 1. The van der Waals surface area contributed by atoms with Crippen molar-refractivity contribution in [1.82, 2.24) is 10.2 Å². The third kappa shape index (κ3) is 1.62. The van der Waals surface area contributed by atoms with Gasteiger partial charge >= 0.3 is 0 Å². The quantitative estimate of drug-likeness (QED) is 0.649. The van der Waals surface area contributed by atoms with Crippen molar-refractivity contribution < 1.29 is 0 Å². The molecule has 0 radical (unpaired) electrons. The molecule has 2 saturated heterocycles. The van der Waals surface area contributed by atoms with E-state index in [9.17, 15) is 0 Å². The zero-order chi connectivity index (χ0) is 8.67. The van der Waals surface area contributed by atoms with Crippen molar-refractivity contribution in [2.75, 3.05) is 26.2 Å². The van der Waals surface area contributed by atoms with Gasteiger partial charge in [0.2, 0.25) is 0 Å². The number of fused-ring (bicyclic) bond motifs is 1. The smallest absolute Gasteiger partial charge is 0.00965 e. The number of likely N-dealkylation sites (tertiary alicyclic amines) is 1. The van der Waals surface area contributed by atoms with E-state index in [1.807, 2.05) is 0 Å². The SMILES string of the molecule is C1CC2CN(C3CC3)CCC2CN1. The Bertz CT molecular complexity index is 189. The highest BCUT2D eigenvalue weighted by atomic mass is 15.2. The van der Waals surface area contributed by atoms with Gasteiger partial charge in [0.15, 0.2) is 0 Å². The number of hydrogen-bond acceptors (Lipinski definition) is 2. The van der Waals surface area contributed by atoms with Crippen LogP contribution in [0.1, 0.15) is 25.7 Å². The second-order valence-electron chi connectivity index (χ2n) is 5.03. The maximum Gasteiger partial charge on any atom is 0.00965 e. The van der Waals surface area contributed by atoms with E-state index < -0.39 is 0 Å². The molecule has 0 aromatic heterocycles. The lowest BCUT2D eigenvalue weighted by Gasteiger charge is -2.41. The minimum absolute atomic E-state index is 0.996. The fraction of sp³-hybridized carbons (Fsp3) is 1.00. The number of hydrogen-bond donors (Lipinski definition) is 1. The van der Waals surface area contributed by atoms with E-state index in [4.69, 9.17) is 0 Å². The van der Waals surface area contributed by atoms with Crippen LogP contribution in [-0.2, 0) is 0 Å². The molecule has 13 heavy (non-hydrogen) atoms. The van der Waals surface area contributed by atoms with E-state index in [1.54, 1.807) is 0 Å². The fourth-order valence-corrected chi connectivity index (χ4v) is 3.05. The molecule has 3 fully saturated rings. The van der Waals surface area contributed by atoms with Crippen LogP contribution in [0.3, 0.4) is 0 Å². The Labute approximate surface area is 80.7 Å². The van der Waals surface area contributed by atoms with Crippen LogP contribution in [0, 0.1) is 11.8 Å². The molecule has 2 unspecified atom stereocenters. The van der Waals surface area contributed by atoms with E-state index in [1.165, 1.54) is 51.9 Å². The molecule has 2 aliphatic heterocycles. The van der Waals surface area contributed by atoms with Crippen molar-refractivity contribution in [2.45, 2.75) is 31.7 Å². The molecule has 0 bridgehead atoms. The van der Waals surface area contributed by atoms with Gasteiger partial charge in [-0.1, -0.05) is 0 Å². The maximum atomic E-state index is 3.53. The molecule has 74 valence electrons. The first-order chi connectivity index (χ1) is 6.43. The molecule has 2 nitrogen and oxygen atoms in total. The molecule has 1 N–H and O–H groups in total. The lowest BCUT2D eigenvalue weighted by molar-refractivity contribution is 0.0900. The molecule has 0 amide bonds. The van der Waals surface area contributed by atoms with Crippen molar-refractivity contribution in [3.63, 3.8) is 0 Å². The van der Waals surface area contributed by atoms with Crippen LogP contribution in [0.4, 0.5) is 0 Å². The predicted molar refractivity (Wildman–Crippen MR) is 53.7 cm³/mol. The third-order valence-corrected chi connectivity index (χ3v) is 4.08. The van der Waals surface area contributed by atoms with Gasteiger partial charge in [0.05, 0.1) is 0 Å². The van der Waals surface area contributed by atoms with E-state index in [0.29, 0.717) is 0 Å². The van der Waals surface area contributed by atoms with E-state index in [-0.39, 0.29) is 0 Å². The molecule has 3 aliphatic rings. The molecular weight excluding hydrogens is 160 g/mol. The van der Waals surface area contributed by atoms with Gasteiger partial charge in [0.1, 0.15) is 0 Å². The summed E-state index contributed by atoms with van der Waals surface area (Å²) in [6.45, 7) is 5.35. The van der Waals surface area contributed by atoms with Gasteiger partial charge < -0.3 is 10.2 Å². The van der Waals surface area contributed by atoms with Gasteiger partial charge in [-0.2, -0.15) is 0 Å². The Morgan fingerprint density at radius 2 is 1.92 bits per heavy atom.